The zero-order valence-electron chi connectivity index (χ0n) is 10.0. The average Bonchev–Trinajstić information content (AvgIpc) is 2.67. The molecular formula is C11H19N3OS. The summed E-state index contributed by atoms with van der Waals surface area (Å²) < 4.78 is 0. The number of anilines is 2. The van der Waals surface area contributed by atoms with Crippen molar-refractivity contribution in [2.24, 2.45) is 0 Å². The molecule has 0 unspecified atom stereocenters. The Labute approximate surface area is 100 Å². The SMILES string of the molecule is CCCCN(C)c1cc(N)c(C(=O)NC)s1. The first kappa shape index (κ1) is 12.8. The Hall–Kier alpha value is -1.23. The van der Waals surface area contributed by atoms with E-state index < -0.39 is 0 Å². The van der Waals surface area contributed by atoms with Crippen molar-refractivity contribution in [2.45, 2.75) is 19.8 Å². The van der Waals surface area contributed by atoms with Gasteiger partial charge in [0.1, 0.15) is 4.88 Å². The van der Waals surface area contributed by atoms with E-state index in [9.17, 15) is 4.79 Å². The number of nitrogens with zero attached hydrogens (tertiary/aromatic N) is 1. The van der Waals surface area contributed by atoms with Crippen LogP contribution in [0.4, 0.5) is 10.7 Å². The minimum Gasteiger partial charge on any atom is -0.397 e. The quantitative estimate of drug-likeness (QED) is 0.828. The summed E-state index contributed by atoms with van der Waals surface area (Å²) in [5, 5.41) is 3.64. The predicted octanol–water partition coefficient (Wildman–Crippen LogP) is 1.93. The predicted molar refractivity (Wildman–Crippen MR) is 70.3 cm³/mol. The molecule has 0 aliphatic rings. The van der Waals surface area contributed by atoms with Gasteiger partial charge in [-0.1, -0.05) is 13.3 Å². The number of carbonyl (C=O) groups excluding carboxylic acids is 1. The molecule has 1 heterocycles. The first-order valence-corrected chi connectivity index (χ1v) is 6.24. The number of carbonyl (C=O) groups is 1. The number of thiophene rings is 1. The topological polar surface area (TPSA) is 58.4 Å². The molecule has 90 valence electrons. The molecule has 16 heavy (non-hydrogen) atoms. The molecule has 0 fully saturated rings. The van der Waals surface area contributed by atoms with Crippen molar-refractivity contribution in [3.8, 4) is 0 Å². The molecule has 0 bridgehead atoms. The highest BCUT2D eigenvalue weighted by atomic mass is 32.1. The van der Waals surface area contributed by atoms with Gasteiger partial charge in [0, 0.05) is 20.6 Å². The molecule has 0 aromatic carbocycles. The molecule has 0 spiro atoms. The van der Waals surface area contributed by atoms with Crippen LogP contribution in [0.5, 0.6) is 0 Å². The molecule has 1 aromatic heterocycles. The average molecular weight is 241 g/mol. The molecule has 3 N–H and O–H groups in total. The second-order valence-corrected chi connectivity index (χ2v) is 4.75. The van der Waals surface area contributed by atoms with Crippen LogP contribution in [0.1, 0.15) is 29.4 Å². The zero-order valence-corrected chi connectivity index (χ0v) is 10.9. The molecule has 4 nitrogen and oxygen atoms in total. The largest absolute Gasteiger partial charge is 0.397 e. The minimum absolute atomic E-state index is 0.113. The van der Waals surface area contributed by atoms with E-state index >= 15 is 0 Å². The van der Waals surface area contributed by atoms with Crippen LogP contribution in [0, 0.1) is 0 Å². The van der Waals surface area contributed by atoms with Crippen molar-refractivity contribution in [3.63, 3.8) is 0 Å². The third-order valence-corrected chi connectivity index (χ3v) is 3.67. The summed E-state index contributed by atoms with van der Waals surface area (Å²) in [6.07, 6.45) is 2.30. The van der Waals surface area contributed by atoms with Crippen molar-refractivity contribution in [3.05, 3.63) is 10.9 Å². The number of hydrogen-bond acceptors (Lipinski definition) is 4. The maximum atomic E-state index is 11.5. The van der Waals surface area contributed by atoms with Gasteiger partial charge in [0.2, 0.25) is 0 Å². The highest BCUT2D eigenvalue weighted by Gasteiger charge is 2.14. The van der Waals surface area contributed by atoms with Crippen LogP contribution >= 0.6 is 11.3 Å². The van der Waals surface area contributed by atoms with E-state index in [1.54, 1.807) is 7.05 Å². The van der Waals surface area contributed by atoms with Crippen LogP contribution in [0.15, 0.2) is 6.07 Å². The zero-order chi connectivity index (χ0) is 12.1. The van der Waals surface area contributed by atoms with E-state index in [-0.39, 0.29) is 5.91 Å². The molecule has 5 heteroatoms. The standard InChI is InChI=1S/C11H19N3OS/c1-4-5-6-14(3)9-7-8(12)10(16-9)11(15)13-2/h7H,4-6,12H2,1-3H3,(H,13,15). The number of unbranched alkanes of at least 4 members (excludes halogenated alkanes) is 1. The van der Waals surface area contributed by atoms with Gasteiger partial charge in [0.25, 0.3) is 5.91 Å². The molecule has 1 amide bonds. The summed E-state index contributed by atoms with van der Waals surface area (Å²) in [6.45, 7) is 3.15. The number of hydrogen-bond donors (Lipinski definition) is 2. The van der Waals surface area contributed by atoms with Crippen molar-refractivity contribution in [2.75, 3.05) is 31.3 Å². The van der Waals surface area contributed by atoms with Crippen LogP contribution in [0.3, 0.4) is 0 Å². The van der Waals surface area contributed by atoms with Gasteiger partial charge in [0.15, 0.2) is 0 Å². The summed E-state index contributed by atoms with van der Waals surface area (Å²) in [7, 11) is 3.64. The molecule has 0 saturated heterocycles. The molecule has 1 aromatic rings. The summed E-state index contributed by atoms with van der Waals surface area (Å²) in [5.41, 5.74) is 6.37. The number of nitrogens with two attached hydrogens (primary N) is 1. The molecule has 0 saturated carbocycles. The molecule has 1 rings (SSSR count). The van der Waals surface area contributed by atoms with Gasteiger partial charge in [-0.15, -0.1) is 11.3 Å². The Morgan fingerprint density at radius 3 is 2.88 bits per heavy atom. The monoisotopic (exact) mass is 241 g/mol. The fourth-order valence-corrected chi connectivity index (χ4v) is 2.39. The summed E-state index contributed by atoms with van der Waals surface area (Å²) in [4.78, 5) is 14.2. The molecule has 0 aliphatic carbocycles. The lowest BCUT2D eigenvalue weighted by molar-refractivity contribution is 0.0968. The number of nitrogens with one attached hydrogen (secondary N) is 1. The third-order valence-electron chi connectivity index (χ3n) is 2.40. The van der Waals surface area contributed by atoms with E-state index in [1.807, 2.05) is 13.1 Å². The maximum Gasteiger partial charge on any atom is 0.263 e. The van der Waals surface area contributed by atoms with Crippen molar-refractivity contribution >= 4 is 27.9 Å². The van der Waals surface area contributed by atoms with Gasteiger partial charge < -0.3 is 16.0 Å². The second-order valence-electron chi connectivity index (χ2n) is 3.72. The maximum absolute atomic E-state index is 11.5. The van der Waals surface area contributed by atoms with Gasteiger partial charge >= 0.3 is 0 Å². The first-order valence-electron chi connectivity index (χ1n) is 5.42. The Morgan fingerprint density at radius 1 is 1.62 bits per heavy atom. The van der Waals surface area contributed by atoms with Crippen molar-refractivity contribution in [1.82, 2.24) is 5.32 Å². The van der Waals surface area contributed by atoms with E-state index in [0.29, 0.717) is 10.6 Å². The van der Waals surface area contributed by atoms with Crippen LogP contribution < -0.4 is 16.0 Å². The van der Waals surface area contributed by atoms with Gasteiger partial charge in [-0.05, 0) is 12.5 Å². The number of amides is 1. The Kier molecular flexibility index (Phi) is 4.61. The van der Waals surface area contributed by atoms with Gasteiger partial charge in [-0.2, -0.15) is 0 Å². The third kappa shape index (κ3) is 2.88. The molecule has 0 aliphatic heterocycles. The fourth-order valence-electron chi connectivity index (χ4n) is 1.38. The summed E-state index contributed by atoms with van der Waals surface area (Å²) in [5.74, 6) is -0.113. The lowest BCUT2D eigenvalue weighted by atomic mass is 10.3. The normalized spacial score (nSPS) is 10.2. The lowest BCUT2D eigenvalue weighted by Crippen LogP contribution is -2.17. The Bertz CT molecular complexity index is 362. The lowest BCUT2D eigenvalue weighted by Gasteiger charge is -2.15. The summed E-state index contributed by atoms with van der Waals surface area (Å²) in [6, 6.07) is 1.87. The van der Waals surface area contributed by atoms with Gasteiger partial charge in [-0.3, -0.25) is 4.79 Å². The Morgan fingerprint density at radius 2 is 2.31 bits per heavy atom. The molecule has 0 atom stereocenters. The minimum atomic E-state index is -0.113. The highest BCUT2D eigenvalue weighted by Crippen LogP contribution is 2.31. The van der Waals surface area contributed by atoms with E-state index in [4.69, 9.17) is 5.73 Å². The van der Waals surface area contributed by atoms with Crippen LogP contribution in [0.25, 0.3) is 0 Å². The second kappa shape index (κ2) is 5.75. The van der Waals surface area contributed by atoms with Crippen molar-refractivity contribution in [1.29, 1.82) is 0 Å². The van der Waals surface area contributed by atoms with Crippen LogP contribution in [0.2, 0.25) is 0 Å². The number of rotatable bonds is 5. The molecular weight excluding hydrogens is 222 g/mol. The van der Waals surface area contributed by atoms with Gasteiger partial charge in [-0.25, -0.2) is 0 Å². The van der Waals surface area contributed by atoms with E-state index in [0.717, 1.165) is 24.4 Å². The summed E-state index contributed by atoms with van der Waals surface area (Å²) >= 11 is 1.44. The molecule has 0 radical (unpaired) electrons. The van der Waals surface area contributed by atoms with Crippen molar-refractivity contribution < 1.29 is 4.79 Å². The van der Waals surface area contributed by atoms with Gasteiger partial charge in [0.05, 0.1) is 10.7 Å². The smallest absolute Gasteiger partial charge is 0.263 e. The van der Waals surface area contributed by atoms with E-state index in [2.05, 4.69) is 17.1 Å². The number of nitrogen functional groups attached to an aromatic ring is 1. The fraction of sp³-hybridized carbons (Fsp3) is 0.545. The van der Waals surface area contributed by atoms with Crippen LogP contribution in [-0.4, -0.2) is 26.5 Å². The van der Waals surface area contributed by atoms with Crippen LogP contribution in [-0.2, 0) is 0 Å². The van der Waals surface area contributed by atoms with E-state index in [1.165, 1.54) is 11.3 Å². The highest BCUT2D eigenvalue weighted by molar-refractivity contribution is 7.18. The first-order chi connectivity index (χ1) is 7.60. The Balaban J connectivity index is 2.79.